The maximum absolute atomic E-state index is 12.2. The smallest absolute Gasteiger partial charge is 0.239 e. The summed E-state index contributed by atoms with van der Waals surface area (Å²) in [5.74, 6) is 0.0672. The Kier molecular flexibility index (Phi) is 6.02. The van der Waals surface area contributed by atoms with Gasteiger partial charge in [0.05, 0.1) is 13.2 Å². The van der Waals surface area contributed by atoms with Gasteiger partial charge in [0.25, 0.3) is 0 Å². The van der Waals surface area contributed by atoms with Crippen molar-refractivity contribution in [3.8, 4) is 0 Å². The molecule has 1 fully saturated rings. The van der Waals surface area contributed by atoms with Crippen molar-refractivity contribution < 1.29 is 9.53 Å². The van der Waals surface area contributed by atoms with Crippen molar-refractivity contribution in [1.82, 2.24) is 10.2 Å². The first-order valence-electron chi connectivity index (χ1n) is 7.65. The third kappa shape index (κ3) is 4.44. The Hall–Kier alpha value is -1.59. The van der Waals surface area contributed by atoms with Crippen molar-refractivity contribution in [2.45, 2.75) is 25.8 Å². The number of benzene rings is 1. The van der Waals surface area contributed by atoms with E-state index in [-0.39, 0.29) is 11.9 Å². The van der Waals surface area contributed by atoms with Crippen LogP contribution in [-0.4, -0.2) is 49.7 Å². The second-order valence-electron chi connectivity index (χ2n) is 5.37. The largest absolute Gasteiger partial charge is 0.399 e. The Morgan fingerprint density at radius 2 is 2.29 bits per heavy atom. The van der Waals surface area contributed by atoms with Crippen molar-refractivity contribution >= 4 is 11.6 Å². The summed E-state index contributed by atoms with van der Waals surface area (Å²) in [6, 6.07) is 7.71. The SMILES string of the molecule is CCCNC(=O)C1COCCN1CCc1ccccc1N. The highest BCUT2D eigenvalue weighted by Crippen LogP contribution is 2.14. The summed E-state index contributed by atoms with van der Waals surface area (Å²) >= 11 is 0. The number of ether oxygens (including phenoxy) is 1. The maximum atomic E-state index is 12.2. The maximum Gasteiger partial charge on any atom is 0.239 e. The summed E-state index contributed by atoms with van der Waals surface area (Å²) in [5.41, 5.74) is 7.93. The summed E-state index contributed by atoms with van der Waals surface area (Å²) in [4.78, 5) is 14.4. The molecule has 5 nitrogen and oxygen atoms in total. The average Bonchev–Trinajstić information content (AvgIpc) is 2.52. The average molecular weight is 291 g/mol. The minimum Gasteiger partial charge on any atom is -0.399 e. The first-order valence-corrected chi connectivity index (χ1v) is 7.65. The first kappa shape index (κ1) is 15.8. The second kappa shape index (κ2) is 8.00. The zero-order chi connectivity index (χ0) is 15.1. The minimum absolute atomic E-state index is 0.0672. The molecule has 0 spiro atoms. The van der Waals surface area contributed by atoms with Crippen molar-refractivity contribution in [3.63, 3.8) is 0 Å². The van der Waals surface area contributed by atoms with Crippen LogP contribution in [0.2, 0.25) is 0 Å². The minimum atomic E-state index is -0.185. The lowest BCUT2D eigenvalue weighted by Crippen LogP contribution is -2.54. The lowest BCUT2D eigenvalue weighted by Gasteiger charge is -2.34. The number of nitrogen functional groups attached to an aromatic ring is 1. The van der Waals surface area contributed by atoms with Gasteiger partial charge in [-0.2, -0.15) is 0 Å². The number of nitrogens with one attached hydrogen (secondary N) is 1. The van der Waals surface area contributed by atoms with Crippen molar-refractivity contribution in [1.29, 1.82) is 0 Å². The number of hydrogen-bond donors (Lipinski definition) is 2. The fraction of sp³-hybridized carbons (Fsp3) is 0.562. The summed E-state index contributed by atoms with van der Waals surface area (Å²) in [6.45, 7) is 5.53. The molecule has 0 bridgehead atoms. The fourth-order valence-electron chi connectivity index (χ4n) is 2.54. The lowest BCUT2D eigenvalue weighted by atomic mass is 10.1. The van der Waals surface area contributed by atoms with E-state index in [4.69, 9.17) is 10.5 Å². The highest BCUT2D eigenvalue weighted by atomic mass is 16.5. The van der Waals surface area contributed by atoms with E-state index in [2.05, 4.69) is 10.2 Å². The van der Waals surface area contributed by atoms with E-state index in [1.807, 2.05) is 31.2 Å². The second-order valence-corrected chi connectivity index (χ2v) is 5.37. The van der Waals surface area contributed by atoms with Crippen molar-refractivity contribution in [2.24, 2.45) is 0 Å². The Labute approximate surface area is 126 Å². The van der Waals surface area contributed by atoms with E-state index < -0.39 is 0 Å². The van der Waals surface area contributed by atoms with Gasteiger partial charge in [0.1, 0.15) is 6.04 Å². The molecule has 21 heavy (non-hydrogen) atoms. The number of nitrogens with zero attached hydrogens (tertiary/aromatic N) is 1. The van der Waals surface area contributed by atoms with Gasteiger partial charge in [-0.1, -0.05) is 25.1 Å². The molecule has 1 aromatic carbocycles. The summed E-state index contributed by atoms with van der Waals surface area (Å²) < 4.78 is 5.46. The Morgan fingerprint density at radius 1 is 1.48 bits per heavy atom. The lowest BCUT2D eigenvalue weighted by molar-refractivity contribution is -0.132. The molecule has 1 aromatic rings. The quantitative estimate of drug-likeness (QED) is 0.769. The molecule has 1 atom stereocenters. The van der Waals surface area contributed by atoms with Crippen LogP contribution in [0, 0.1) is 0 Å². The van der Waals surface area contributed by atoms with Crippen LogP contribution in [0.1, 0.15) is 18.9 Å². The van der Waals surface area contributed by atoms with Gasteiger partial charge in [-0.3, -0.25) is 9.69 Å². The van der Waals surface area contributed by atoms with Crippen LogP contribution in [0.4, 0.5) is 5.69 Å². The molecule has 0 radical (unpaired) electrons. The van der Waals surface area contributed by atoms with E-state index >= 15 is 0 Å². The topological polar surface area (TPSA) is 67.6 Å². The van der Waals surface area contributed by atoms with Gasteiger partial charge >= 0.3 is 0 Å². The highest BCUT2D eigenvalue weighted by Gasteiger charge is 2.28. The monoisotopic (exact) mass is 291 g/mol. The number of morpholine rings is 1. The number of hydrogen-bond acceptors (Lipinski definition) is 4. The molecule has 1 heterocycles. The molecule has 1 aliphatic rings. The first-order chi connectivity index (χ1) is 10.2. The third-order valence-corrected chi connectivity index (χ3v) is 3.81. The van der Waals surface area contributed by atoms with Gasteiger partial charge < -0.3 is 15.8 Å². The van der Waals surface area contributed by atoms with E-state index in [1.165, 1.54) is 0 Å². The van der Waals surface area contributed by atoms with Crippen LogP contribution in [0.3, 0.4) is 0 Å². The molecule has 5 heteroatoms. The van der Waals surface area contributed by atoms with Crippen LogP contribution in [0.5, 0.6) is 0 Å². The zero-order valence-electron chi connectivity index (χ0n) is 12.7. The van der Waals surface area contributed by atoms with Gasteiger partial charge in [0, 0.05) is 25.3 Å². The Balaban J connectivity index is 1.92. The van der Waals surface area contributed by atoms with E-state index in [0.29, 0.717) is 13.2 Å². The highest BCUT2D eigenvalue weighted by molar-refractivity contribution is 5.82. The van der Waals surface area contributed by atoms with Crippen LogP contribution in [0.15, 0.2) is 24.3 Å². The zero-order valence-corrected chi connectivity index (χ0v) is 12.7. The number of carbonyl (C=O) groups is 1. The van der Waals surface area contributed by atoms with Crippen LogP contribution >= 0.6 is 0 Å². The van der Waals surface area contributed by atoms with Crippen LogP contribution in [0.25, 0.3) is 0 Å². The van der Waals surface area contributed by atoms with Crippen molar-refractivity contribution in [3.05, 3.63) is 29.8 Å². The molecule has 0 aromatic heterocycles. The predicted octanol–water partition coefficient (Wildman–Crippen LogP) is 1.04. The molecule has 116 valence electrons. The van der Waals surface area contributed by atoms with E-state index in [1.54, 1.807) is 0 Å². The number of rotatable bonds is 6. The van der Waals surface area contributed by atoms with Gasteiger partial charge in [0.2, 0.25) is 5.91 Å². The van der Waals surface area contributed by atoms with Gasteiger partial charge in [-0.05, 0) is 24.5 Å². The summed E-state index contributed by atoms with van der Waals surface area (Å²) in [6.07, 6.45) is 1.80. The predicted molar refractivity (Wildman–Crippen MR) is 84.0 cm³/mol. The summed E-state index contributed by atoms with van der Waals surface area (Å²) in [7, 11) is 0. The molecule has 2 rings (SSSR count). The van der Waals surface area contributed by atoms with E-state index in [0.717, 1.165) is 43.7 Å². The van der Waals surface area contributed by atoms with Crippen LogP contribution < -0.4 is 11.1 Å². The molecule has 0 aliphatic carbocycles. The Bertz CT molecular complexity index is 465. The molecular formula is C16H25N3O2. The number of anilines is 1. The van der Waals surface area contributed by atoms with Gasteiger partial charge in [0.15, 0.2) is 0 Å². The molecule has 1 aliphatic heterocycles. The van der Waals surface area contributed by atoms with Gasteiger partial charge in [-0.25, -0.2) is 0 Å². The molecule has 1 amide bonds. The number of para-hydroxylation sites is 1. The standard InChI is InChI=1S/C16H25N3O2/c1-2-8-18-16(20)15-12-21-11-10-19(15)9-7-13-5-3-4-6-14(13)17/h3-6,15H,2,7-12,17H2,1H3,(H,18,20). The Morgan fingerprint density at radius 3 is 3.05 bits per heavy atom. The normalized spacial score (nSPS) is 19.4. The van der Waals surface area contributed by atoms with Crippen LogP contribution in [-0.2, 0) is 16.0 Å². The third-order valence-electron chi connectivity index (χ3n) is 3.81. The molecular weight excluding hydrogens is 266 g/mol. The molecule has 3 N–H and O–H groups in total. The summed E-state index contributed by atoms with van der Waals surface area (Å²) in [5, 5.41) is 2.96. The molecule has 0 saturated carbocycles. The molecule has 1 unspecified atom stereocenters. The number of nitrogens with two attached hydrogens (primary N) is 1. The van der Waals surface area contributed by atoms with Crippen molar-refractivity contribution in [2.75, 3.05) is 38.6 Å². The number of amides is 1. The van der Waals surface area contributed by atoms with E-state index in [9.17, 15) is 4.79 Å². The fourth-order valence-corrected chi connectivity index (χ4v) is 2.54. The number of carbonyl (C=O) groups excluding carboxylic acids is 1. The molecule has 1 saturated heterocycles. The van der Waals surface area contributed by atoms with Gasteiger partial charge in [-0.15, -0.1) is 0 Å².